The van der Waals surface area contributed by atoms with Crippen LogP contribution in [0.15, 0.2) is 35.4 Å². The molecule has 0 bridgehead atoms. The Morgan fingerprint density at radius 3 is 2.65 bits per heavy atom. The van der Waals surface area contributed by atoms with Crippen molar-refractivity contribution in [3.05, 3.63) is 57.5 Å². The highest BCUT2D eigenvalue weighted by atomic mass is 16.5. The van der Waals surface area contributed by atoms with Crippen molar-refractivity contribution in [3.8, 4) is 28.3 Å². The number of rotatable bonds is 2. The van der Waals surface area contributed by atoms with Gasteiger partial charge in [-0.25, -0.2) is 4.79 Å². The van der Waals surface area contributed by atoms with Crippen molar-refractivity contribution < 1.29 is 14.6 Å². The molecule has 2 aliphatic rings. The molecule has 1 aromatic carbocycles. The standard InChI is InChI=1S/C24H25N3O4/c1-24(2,3)21-10-14-13-6-8-31-22(13)16(18-5-7-26(4)25-18)9-15(14)19-11-20(28)17(23(29)30)12-27(19)21/h5,7,9,11-12,21H,6,8,10H2,1-4H3,(H,29,30)/t21-/m0/s1. The second-order valence-electron chi connectivity index (χ2n) is 9.47. The van der Waals surface area contributed by atoms with Gasteiger partial charge in [-0.3, -0.25) is 9.48 Å². The van der Waals surface area contributed by atoms with Crippen molar-refractivity contribution in [3.63, 3.8) is 0 Å². The lowest BCUT2D eigenvalue weighted by Gasteiger charge is -2.39. The van der Waals surface area contributed by atoms with Gasteiger partial charge in [0.25, 0.3) is 0 Å². The molecule has 31 heavy (non-hydrogen) atoms. The summed E-state index contributed by atoms with van der Waals surface area (Å²) in [6.45, 7) is 7.05. The first-order valence-electron chi connectivity index (χ1n) is 10.5. The van der Waals surface area contributed by atoms with Crippen molar-refractivity contribution in [2.45, 2.75) is 39.7 Å². The van der Waals surface area contributed by atoms with Crippen LogP contribution >= 0.6 is 0 Å². The number of carboxylic acid groups (broad SMARTS) is 1. The number of pyridine rings is 1. The summed E-state index contributed by atoms with van der Waals surface area (Å²) >= 11 is 0. The summed E-state index contributed by atoms with van der Waals surface area (Å²) in [5.74, 6) is -0.321. The average molecular weight is 419 g/mol. The highest BCUT2D eigenvalue weighted by Gasteiger charge is 2.37. The smallest absolute Gasteiger partial charge is 0.341 e. The van der Waals surface area contributed by atoms with E-state index in [9.17, 15) is 14.7 Å². The van der Waals surface area contributed by atoms with Gasteiger partial charge in [-0.15, -0.1) is 0 Å². The van der Waals surface area contributed by atoms with E-state index in [0.29, 0.717) is 6.61 Å². The van der Waals surface area contributed by atoms with Crippen molar-refractivity contribution >= 4 is 5.97 Å². The SMILES string of the molecule is Cn1ccc(-c2cc3c(c4c2OCC4)C[C@@H](C(C)(C)C)n2cc(C(=O)O)c(=O)cc2-3)n1. The molecule has 0 amide bonds. The highest BCUT2D eigenvalue weighted by Crippen LogP contribution is 2.49. The second kappa shape index (κ2) is 6.57. The van der Waals surface area contributed by atoms with E-state index in [4.69, 9.17) is 4.74 Å². The first kappa shape index (κ1) is 19.6. The molecular weight excluding hydrogens is 394 g/mol. The van der Waals surface area contributed by atoms with E-state index in [0.717, 1.165) is 41.1 Å². The maximum atomic E-state index is 12.7. The van der Waals surface area contributed by atoms with E-state index in [-0.39, 0.29) is 17.0 Å². The number of ether oxygens (including phenoxy) is 1. The largest absolute Gasteiger partial charge is 0.492 e. The molecule has 1 N–H and O–H groups in total. The zero-order valence-electron chi connectivity index (χ0n) is 18.1. The number of aromatic nitrogens is 3. The molecule has 2 aliphatic heterocycles. The van der Waals surface area contributed by atoms with E-state index < -0.39 is 11.4 Å². The van der Waals surface area contributed by atoms with Crippen molar-refractivity contribution in [2.75, 3.05) is 6.61 Å². The fraction of sp³-hybridized carbons (Fsp3) is 0.375. The summed E-state index contributed by atoms with van der Waals surface area (Å²) in [5, 5.41) is 14.1. The highest BCUT2D eigenvalue weighted by molar-refractivity contribution is 5.88. The number of carbonyl (C=O) groups is 1. The number of aromatic carboxylic acids is 1. The second-order valence-corrected chi connectivity index (χ2v) is 9.47. The molecule has 0 radical (unpaired) electrons. The Morgan fingerprint density at radius 1 is 1.23 bits per heavy atom. The van der Waals surface area contributed by atoms with Crippen LogP contribution in [0.3, 0.4) is 0 Å². The Hall–Kier alpha value is -3.35. The number of fused-ring (bicyclic) bond motifs is 5. The van der Waals surface area contributed by atoms with Gasteiger partial charge in [-0.1, -0.05) is 20.8 Å². The van der Waals surface area contributed by atoms with Crippen LogP contribution in [0.1, 0.15) is 48.3 Å². The minimum absolute atomic E-state index is 0.0131. The molecule has 0 spiro atoms. The molecule has 7 heteroatoms. The predicted molar refractivity (Wildman–Crippen MR) is 117 cm³/mol. The molecule has 5 rings (SSSR count). The Morgan fingerprint density at radius 2 is 2.00 bits per heavy atom. The first-order valence-corrected chi connectivity index (χ1v) is 10.5. The molecule has 4 heterocycles. The van der Waals surface area contributed by atoms with Crippen LogP contribution in [-0.4, -0.2) is 32.0 Å². The lowest BCUT2D eigenvalue weighted by molar-refractivity contribution is 0.0693. The molecule has 2 aromatic heterocycles. The Bertz CT molecular complexity index is 1290. The van der Waals surface area contributed by atoms with Gasteiger partial charge in [0.15, 0.2) is 5.43 Å². The molecule has 160 valence electrons. The fourth-order valence-corrected chi connectivity index (χ4v) is 4.85. The van der Waals surface area contributed by atoms with Crippen LogP contribution in [-0.2, 0) is 19.9 Å². The minimum Gasteiger partial charge on any atom is -0.492 e. The van der Waals surface area contributed by atoms with Crippen LogP contribution in [0.25, 0.3) is 22.5 Å². The molecular formula is C24H25N3O4. The Labute approximate surface area is 179 Å². The molecule has 0 saturated carbocycles. The van der Waals surface area contributed by atoms with Crippen LogP contribution in [0.5, 0.6) is 5.75 Å². The molecule has 0 fully saturated rings. The summed E-state index contributed by atoms with van der Waals surface area (Å²) < 4.78 is 9.78. The minimum atomic E-state index is -1.20. The third-order valence-electron chi connectivity index (χ3n) is 6.40. The molecule has 1 atom stereocenters. The molecule has 0 unspecified atom stereocenters. The molecule has 7 nitrogen and oxygen atoms in total. The maximum Gasteiger partial charge on any atom is 0.341 e. The lowest BCUT2D eigenvalue weighted by Crippen LogP contribution is -2.33. The van der Waals surface area contributed by atoms with E-state index >= 15 is 0 Å². The van der Waals surface area contributed by atoms with Gasteiger partial charge in [0.1, 0.15) is 11.3 Å². The summed E-state index contributed by atoms with van der Waals surface area (Å²) in [6.07, 6.45) is 4.97. The number of benzene rings is 1. The Kier molecular flexibility index (Phi) is 4.16. The van der Waals surface area contributed by atoms with Crippen LogP contribution < -0.4 is 10.2 Å². The zero-order chi connectivity index (χ0) is 22.1. The normalized spacial score (nSPS) is 17.0. The topological polar surface area (TPSA) is 86.4 Å². The molecule has 3 aromatic rings. The van der Waals surface area contributed by atoms with E-state index in [1.807, 2.05) is 29.9 Å². The van der Waals surface area contributed by atoms with Crippen LogP contribution in [0, 0.1) is 5.41 Å². The number of carboxylic acids is 1. The van der Waals surface area contributed by atoms with Crippen LogP contribution in [0.4, 0.5) is 0 Å². The van der Waals surface area contributed by atoms with E-state index in [2.05, 4.69) is 25.9 Å². The van der Waals surface area contributed by atoms with Crippen molar-refractivity contribution in [1.82, 2.24) is 14.3 Å². The van der Waals surface area contributed by atoms with Gasteiger partial charge in [0, 0.05) is 54.7 Å². The van der Waals surface area contributed by atoms with Gasteiger partial charge < -0.3 is 14.4 Å². The zero-order valence-corrected chi connectivity index (χ0v) is 18.1. The van der Waals surface area contributed by atoms with Gasteiger partial charge in [0.05, 0.1) is 18.0 Å². The molecule has 0 aliphatic carbocycles. The fourth-order valence-electron chi connectivity index (χ4n) is 4.85. The Balaban J connectivity index is 1.83. The van der Waals surface area contributed by atoms with E-state index in [1.165, 1.54) is 23.4 Å². The van der Waals surface area contributed by atoms with Gasteiger partial charge in [-0.2, -0.15) is 5.10 Å². The first-order chi connectivity index (χ1) is 14.6. The van der Waals surface area contributed by atoms with Gasteiger partial charge in [-0.05, 0) is 29.5 Å². The number of nitrogens with zero attached hydrogens (tertiary/aromatic N) is 3. The number of hydrogen-bond donors (Lipinski definition) is 1. The van der Waals surface area contributed by atoms with Crippen LogP contribution in [0.2, 0.25) is 0 Å². The summed E-state index contributed by atoms with van der Waals surface area (Å²) in [5.41, 5.74) is 4.99. The maximum absolute atomic E-state index is 12.7. The number of hydrogen-bond acceptors (Lipinski definition) is 4. The number of aryl methyl sites for hydroxylation is 1. The third kappa shape index (κ3) is 2.99. The van der Waals surface area contributed by atoms with Crippen molar-refractivity contribution in [2.24, 2.45) is 12.5 Å². The quantitative estimate of drug-likeness (QED) is 0.685. The summed E-state index contributed by atoms with van der Waals surface area (Å²) in [7, 11) is 1.87. The predicted octanol–water partition coefficient (Wildman–Crippen LogP) is 3.69. The molecule has 0 saturated heterocycles. The lowest BCUT2D eigenvalue weighted by atomic mass is 9.76. The van der Waals surface area contributed by atoms with E-state index in [1.54, 1.807) is 4.68 Å². The van der Waals surface area contributed by atoms with Gasteiger partial charge >= 0.3 is 5.97 Å². The summed E-state index contributed by atoms with van der Waals surface area (Å²) in [6, 6.07) is 5.49. The third-order valence-corrected chi connectivity index (χ3v) is 6.40. The van der Waals surface area contributed by atoms with Gasteiger partial charge in [0.2, 0.25) is 0 Å². The monoisotopic (exact) mass is 419 g/mol. The summed E-state index contributed by atoms with van der Waals surface area (Å²) in [4.78, 5) is 24.3. The average Bonchev–Trinajstić information content (AvgIpc) is 3.34. The van der Waals surface area contributed by atoms with Crippen molar-refractivity contribution in [1.29, 1.82) is 0 Å².